The summed E-state index contributed by atoms with van der Waals surface area (Å²) in [5.41, 5.74) is -5.15. The van der Waals surface area contributed by atoms with Gasteiger partial charge in [0.1, 0.15) is 0 Å². The lowest BCUT2D eigenvalue weighted by atomic mass is 9.81. The standard InChI is InChI=1S/C17H28F7I/c1-3-5-6-7-8-9-10-11-12-14(25)13(4-2)15(18,16(19,20)21)17(22,23)24/h13-14H,3-12H2,1-2H3. The Morgan fingerprint density at radius 1 is 0.680 bits per heavy atom. The Balaban J connectivity index is 4.61. The molecule has 0 saturated heterocycles. The number of unbranched alkanes of at least 4 members (excludes halogenated alkanes) is 7. The summed E-state index contributed by atoms with van der Waals surface area (Å²) in [4.78, 5) is 0. The average molecular weight is 492 g/mol. The highest BCUT2D eigenvalue weighted by atomic mass is 127. The molecule has 25 heavy (non-hydrogen) atoms. The smallest absolute Gasteiger partial charge is 0.223 e. The Hall–Kier alpha value is 0.240. The third kappa shape index (κ3) is 7.40. The molecule has 0 aromatic heterocycles. The second kappa shape index (κ2) is 11.2. The highest BCUT2D eigenvalue weighted by Gasteiger charge is 2.76. The third-order valence-corrected chi connectivity index (χ3v) is 6.04. The molecule has 0 aliphatic rings. The third-order valence-electron chi connectivity index (χ3n) is 4.55. The molecular formula is C17H28F7I. The second-order valence-electron chi connectivity index (χ2n) is 6.50. The van der Waals surface area contributed by atoms with Gasteiger partial charge in [-0.2, -0.15) is 26.3 Å². The van der Waals surface area contributed by atoms with Crippen molar-refractivity contribution in [2.24, 2.45) is 5.92 Å². The summed E-state index contributed by atoms with van der Waals surface area (Å²) in [7, 11) is 0. The zero-order chi connectivity index (χ0) is 19.7. The van der Waals surface area contributed by atoms with Gasteiger partial charge in [-0.3, -0.25) is 0 Å². The summed E-state index contributed by atoms with van der Waals surface area (Å²) in [5, 5.41) is 0. The van der Waals surface area contributed by atoms with Crippen LogP contribution in [0.1, 0.15) is 78.1 Å². The first-order chi connectivity index (χ1) is 11.4. The van der Waals surface area contributed by atoms with Crippen molar-refractivity contribution in [3.63, 3.8) is 0 Å². The van der Waals surface area contributed by atoms with Crippen LogP contribution in [0.25, 0.3) is 0 Å². The Bertz CT molecular complexity index is 338. The minimum absolute atomic E-state index is 0.159. The summed E-state index contributed by atoms with van der Waals surface area (Å²) in [5.74, 6) is -2.13. The molecule has 0 saturated carbocycles. The fourth-order valence-corrected chi connectivity index (χ4v) is 4.49. The van der Waals surface area contributed by atoms with Crippen LogP contribution in [0.15, 0.2) is 0 Å². The molecule has 0 nitrogen and oxygen atoms in total. The minimum Gasteiger partial charge on any atom is -0.223 e. The Morgan fingerprint density at radius 2 is 1.08 bits per heavy atom. The molecule has 2 atom stereocenters. The lowest BCUT2D eigenvalue weighted by molar-refractivity contribution is -0.357. The summed E-state index contributed by atoms with van der Waals surface area (Å²) in [6.07, 6.45) is -4.55. The Kier molecular flexibility index (Phi) is 11.3. The summed E-state index contributed by atoms with van der Waals surface area (Å²) in [6.45, 7) is 3.29. The second-order valence-corrected chi connectivity index (χ2v) is 8.10. The maximum atomic E-state index is 14.2. The van der Waals surface area contributed by atoms with Crippen molar-refractivity contribution in [3.05, 3.63) is 0 Å². The number of alkyl halides is 8. The summed E-state index contributed by atoms with van der Waals surface area (Å²) in [6, 6.07) is 0. The molecule has 0 N–H and O–H groups in total. The molecule has 0 aromatic carbocycles. The van der Waals surface area contributed by atoms with E-state index in [2.05, 4.69) is 6.92 Å². The van der Waals surface area contributed by atoms with E-state index >= 15 is 0 Å². The summed E-state index contributed by atoms with van der Waals surface area (Å²) < 4.78 is 90.5. The van der Waals surface area contributed by atoms with E-state index in [4.69, 9.17) is 0 Å². The van der Waals surface area contributed by atoms with Gasteiger partial charge < -0.3 is 0 Å². The molecule has 0 fully saturated rings. The molecule has 0 aliphatic carbocycles. The first-order valence-electron chi connectivity index (χ1n) is 8.89. The fourth-order valence-electron chi connectivity index (χ4n) is 3.04. The molecule has 152 valence electrons. The number of halogens is 8. The molecule has 8 heteroatoms. The van der Waals surface area contributed by atoms with Crippen molar-refractivity contribution in [3.8, 4) is 0 Å². The van der Waals surface area contributed by atoms with Crippen molar-refractivity contribution >= 4 is 22.6 Å². The van der Waals surface area contributed by atoms with Crippen LogP contribution in [0, 0.1) is 5.92 Å². The fraction of sp³-hybridized carbons (Fsp3) is 1.00. The maximum Gasteiger partial charge on any atom is 0.431 e. The minimum atomic E-state index is -5.96. The zero-order valence-corrected chi connectivity index (χ0v) is 16.9. The van der Waals surface area contributed by atoms with Crippen LogP contribution in [0.3, 0.4) is 0 Å². The predicted octanol–water partition coefficient (Wildman–Crippen LogP) is 8.18. The van der Waals surface area contributed by atoms with Gasteiger partial charge >= 0.3 is 18.0 Å². The molecule has 0 amide bonds. The topological polar surface area (TPSA) is 0 Å². The van der Waals surface area contributed by atoms with Crippen LogP contribution in [0.5, 0.6) is 0 Å². The monoisotopic (exact) mass is 492 g/mol. The molecule has 0 bridgehead atoms. The molecule has 0 aliphatic heterocycles. The van der Waals surface area contributed by atoms with Crippen molar-refractivity contribution < 1.29 is 30.7 Å². The lowest BCUT2D eigenvalue weighted by Gasteiger charge is -2.38. The quantitative estimate of drug-likeness (QED) is 0.112. The molecular weight excluding hydrogens is 464 g/mol. The highest BCUT2D eigenvalue weighted by Crippen LogP contribution is 2.54. The van der Waals surface area contributed by atoms with E-state index < -0.39 is 34.3 Å². The largest absolute Gasteiger partial charge is 0.431 e. The van der Waals surface area contributed by atoms with Gasteiger partial charge in [0.2, 0.25) is 0 Å². The van der Waals surface area contributed by atoms with E-state index in [1.54, 1.807) is 22.6 Å². The van der Waals surface area contributed by atoms with Crippen molar-refractivity contribution in [2.45, 2.75) is 100 Å². The molecule has 2 unspecified atom stereocenters. The van der Waals surface area contributed by atoms with Gasteiger partial charge in [-0.15, -0.1) is 0 Å². The van der Waals surface area contributed by atoms with E-state index in [1.807, 2.05) is 0 Å². The zero-order valence-electron chi connectivity index (χ0n) is 14.7. The van der Waals surface area contributed by atoms with Crippen LogP contribution >= 0.6 is 22.6 Å². The number of rotatable bonds is 12. The van der Waals surface area contributed by atoms with Gasteiger partial charge in [0.05, 0.1) is 0 Å². The van der Waals surface area contributed by atoms with E-state index in [9.17, 15) is 30.7 Å². The van der Waals surface area contributed by atoms with Crippen molar-refractivity contribution in [2.75, 3.05) is 0 Å². The van der Waals surface area contributed by atoms with Crippen LogP contribution in [-0.4, -0.2) is 21.9 Å². The molecule has 0 heterocycles. The first-order valence-corrected chi connectivity index (χ1v) is 10.1. The van der Waals surface area contributed by atoms with Crippen molar-refractivity contribution in [1.82, 2.24) is 0 Å². The van der Waals surface area contributed by atoms with Gasteiger partial charge in [-0.1, -0.05) is 87.8 Å². The van der Waals surface area contributed by atoms with Gasteiger partial charge in [-0.25, -0.2) is 4.39 Å². The van der Waals surface area contributed by atoms with Gasteiger partial charge in [0.25, 0.3) is 0 Å². The lowest BCUT2D eigenvalue weighted by Crippen LogP contribution is -2.60. The maximum absolute atomic E-state index is 14.2. The molecule has 0 rings (SSSR count). The van der Waals surface area contributed by atoms with Gasteiger partial charge in [0.15, 0.2) is 0 Å². The van der Waals surface area contributed by atoms with E-state index in [0.717, 1.165) is 38.5 Å². The normalized spacial score (nSPS) is 16.1. The first kappa shape index (κ1) is 25.2. The van der Waals surface area contributed by atoms with Crippen molar-refractivity contribution in [1.29, 1.82) is 0 Å². The highest BCUT2D eigenvalue weighted by molar-refractivity contribution is 14.1. The van der Waals surface area contributed by atoms with Crippen LogP contribution in [0.4, 0.5) is 30.7 Å². The average Bonchev–Trinajstić information content (AvgIpc) is 2.48. The van der Waals surface area contributed by atoms with E-state index in [0.29, 0.717) is 6.42 Å². The Labute approximate surface area is 159 Å². The van der Waals surface area contributed by atoms with Crippen LogP contribution in [-0.2, 0) is 0 Å². The van der Waals surface area contributed by atoms with Crippen LogP contribution in [0.2, 0.25) is 0 Å². The Morgan fingerprint density at radius 3 is 1.44 bits per heavy atom. The SMILES string of the molecule is CCCCCCCCCCC(I)C(CC)C(F)(C(F)(F)F)C(F)(F)F. The molecule has 0 spiro atoms. The number of hydrogen-bond donors (Lipinski definition) is 0. The van der Waals surface area contributed by atoms with Crippen LogP contribution < -0.4 is 0 Å². The molecule has 0 radical (unpaired) electrons. The van der Waals surface area contributed by atoms with Gasteiger partial charge in [-0.05, 0) is 12.8 Å². The number of hydrogen-bond acceptors (Lipinski definition) is 0. The van der Waals surface area contributed by atoms with Gasteiger partial charge in [0, 0.05) is 9.84 Å². The summed E-state index contributed by atoms with van der Waals surface area (Å²) >= 11 is 1.55. The van der Waals surface area contributed by atoms with E-state index in [1.165, 1.54) is 13.3 Å². The predicted molar refractivity (Wildman–Crippen MR) is 94.8 cm³/mol. The molecule has 0 aromatic rings. The van der Waals surface area contributed by atoms with E-state index in [-0.39, 0.29) is 6.42 Å².